The molecule has 1 saturated heterocycles. The fourth-order valence-electron chi connectivity index (χ4n) is 3.84. The number of aliphatic hydroxyl groups is 1. The van der Waals surface area contributed by atoms with Crippen LogP contribution in [0.5, 0.6) is 0 Å². The van der Waals surface area contributed by atoms with E-state index in [1.165, 1.54) is 0 Å². The minimum absolute atomic E-state index is 0.0943. The molecule has 2 N–H and O–H groups in total. The van der Waals surface area contributed by atoms with Gasteiger partial charge in [-0.3, -0.25) is 4.79 Å². The Labute approximate surface area is 117 Å². The van der Waals surface area contributed by atoms with Crippen LogP contribution in [-0.2, 0) is 0 Å². The number of carbonyl (C=O) groups excluding carboxylic acids is 1. The molecule has 20 heavy (non-hydrogen) atoms. The second-order valence-electron chi connectivity index (χ2n) is 6.02. The van der Waals surface area contributed by atoms with Crippen LogP contribution in [-0.4, -0.2) is 40.1 Å². The molecule has 0 radical (unpaired) electrons. The van der Waals surface area contributed by atoms with Gasteiger partial charge < -0.3 is 15.0 Å². The van der Waals surface area contributed by atoms with Gasteiger partial charge in [0.1, 0.15) is 0 Å². The maximum Gasteiger partial charge on any atom is 0.254 e. The summed E-state index contributed by atoms with van der Waals surface area (Å²) in [5, 5.41) is 10.9. The Morgan fingerprint density at radius 1 is 1.25 bits per heavy atom. The minimum Gasteiger partial charge on any atom is -0.393 e. The molecule has 0 bridgehead atoms. The SMILES string of the molecule is O=C(c1cccc2[nH]ccc12)N1C[C@H]2CC[C@@H](O)[C@H]2C1. The molecule has 2 aliphatic rings. The van der Waals surface area contributed by atoms with Crippen molar-refractivity contribution in [3.63, 3.8) is 0 Å². The van der Waals surface area contributed by atoms with Crippen molar-refractivity contribution in [2.75, 3.05) is 13.1 Å². The first-order valence-electron chi connectivity index (χ1n) is 7.27. The number of nitrogens with one attached hydrogen (secondary N) is 1. The van der Waals surface area contributed by atoms with E-state index in [2.05, 4.69) is 4.98 Å². The number of aromatic nitrogens is 1. The van der Waals surface area contributed by atoms with Crippen LogP contribution >= 0.6 is 0 Å². The number of aliphatic hydroxyl groups excluding tert-OH is 1. The van der Waals surface area contributed by atoms with Gasteiger partial charge in [-0.15, -0.1) is 0 Å². The van der Waals surface area contributed by atoms with Crippen molar-refractivity contribution in [3.05, 3.63) is 36.0 Å². The van der Waals surface area contributed by atoms with Crippen molar-refractivity contribution in [2.45, 2.75) is 18.9 Å². The molecular formula is C16H18N2O2. The molecule has 1 amide bonds. The Kier molecular flexibility index (Phi) is 2.60. The first-order valence-corrected chi connectivity index (χ1v) is 7.27. The molecule has 3 atom stereocenters. The van der Waals surface area contributed by atoms with Gasteiger partial charge in [-0.2, -0.15) is 0 Å². The summed E-state index contributed by atoms with van der Waals surface area (Å²) in [5.41, 5.74) is 1.76. The summed E-state index contributed by atoms with van der Waals surface area (Å²) >= 11 is 0. The maximum absolute atomic E-state index is 12.7. The number of fused-ring (bicyclic) bond motifs is 2. The number of hydrogen-bond acceptors (Lipinski definition) is 2. The van der Waals surface area contributed by atoms with Gasteiger partial charge in [0.15, 0.2) is 0 Å². The van der Waals surface area contributed by atoms with Crippen molar-refractivity contribution in [1.82, 2.24) is 9.88 Å². The molecule has 1 aromatic heterocycles. The van der Waals surface area contributed by atoms with E-state index in [1.807, 2.05) is 35.4 Å². The Morgan fingerprint density at radius 2 is 2.15 bits per heavy atom. The number of nitrogens with zero attached hydrogens (tertiary/aromatic N) is 1. The lowest BCUT2D eigenvalue weighted by atomic mass is 10.00. The average Bonchev–Trinajstić information content (AvgIpc) is 3.14. The van der Waals surface area contributed by atoms with E-state index in [0.29, 0.717) is 12.5 Å². The first-order chi connectivity index (χ1) is 9.74. The highest BCUT2D eigenvalue weighted by Crippen LogP contribution is 2.38. The number of H-pyrrole nitrogens is 1. The Bertz CT molecular complexity index is 663. The smallest absolute Gasteiger partial charge is 0.254 e. The third-order valence-corrected chi connectivity index (χ3v) is 4.93. The summed E-state index contributed by atoms with van der Waals surface area (Å²) in [4.78, 5) is 17.8. The number of hydrogen-bond donors (Lipinski definition) is 2. The fraction of sp³-hybridized carbons (Fsp3) is 0.438. The molecule has 1 aliphatic heterocycles. The zero-order valence-corrected chi connectivity index (χ0v) is 11.2. The maximum atomic E-state index is 12.7. The predicted octanol–water partition coefficient (Wildman–Crippen LogP) is 2.01. The average molecular weight is 270 g/mol. The highest BCUT2D eigenvalue weighted by Gasteiger charge is 2.43. The van der Waals surface area contributed by atoms with Crippen LogP contribution < -0.4 is 0 Å². The van der Waals surface area contributed by atoms with E-state index < -0.39 is 0 Å². The lowest BCUT2D eigenvalue weighted by Crippen LogP contribution is -2.31. The van der Waals surface area contributed by atoms with Gasteiger partial charge in [0.25, 0.3) is 5.91 Å². The van der Waals surface area contributed by atoms with Crippen molar-refractivity contribution >= 4 is 16.8 Å². The van der Waals surface area contributed by atoms with Gasteiger partial charge in [-0.25, -0.2) is 0 Å². The molecule has 4 nitrogen and oxygen atoms in total. The first kappa shape index (κ1) is 12.0. The van der Waals surface area contributed by atoms with E-state index in [9.17, 15) is 9.90 Å². The molecule has 104 valence electrons. The summed E-state index contributed by atoms with van der Waals surface area (Å²) in [5.74, 6) is 0.862. The largest absolute Gasteiger partial charge is 0.393 e. The summed E-state index contributed by atoms with van der Waals surface area (Å²) in [6.07, 6.45) is 3.58. The molecule has 2 aromatic rings. The number of carbonyl (C=O) groups is 1. The van der Waals surface area contributed by atoms with Crippen LogP contribution in [0.2, 0.25) is 0 Å². The van der Waals surface area contributed by atoms with E-state index in [-0.39, 0.29) is 17.9 Å². The Hall–Kier alpha value is -1.81. The molecule has 1 saturated carbocycles. The molecule has 1 aromatic carbocycles. The van der Waals surface area contributed by atoms with Crippen LogP contribution in [0.25, 0.3) is 10.9 Å². The third-order valence-electron chi connectivity index (χ3n) is 4.93. The number of likely N-dealkylation sites (tertiary alicyclic amines) is 1. The van der Waals surface area contributed by atoms with E-state index in [0.717, 1.165) is 35.9 Å². The van der Waals surface area contributed by atoms with Crippen LogP contribution in [0.4, 0.5) is 0 Å². The summed E-state index contributed by atoms with van der Waals surface area (Å²) in [7, 11) is 0. The van der Waals surface area contributed by atoms with Gasteiger partial charge in [-0.05, 0) is 37.0 Å². The van der Waals surface area contributed by atoms with E-state index in [1.54, 1.807) is 0 Å². The number of amides is 1. The van der Waals surface area contributed by atoms with Crippen LogP contribution in [0.3, 0.4) is 0 Å². The monoisotopic (exact) mass is 270 g/mol. The van der Waals surface area contributed by atoms with Crippen molar-refractivity contribution in [2.24, 2.45) is 11.8 Å². The molecule has 2 fully saturated rings. The Balaban J connectivity index is 1.64. The quantitative estimate of drug-likeness (QED) is 0.833. The van der Waals surface area contributed by atoms with Crippen LogP contribution in [0.15, 0.2) is 30.5 Å². The van der Waals surface area contributed by atoms with Crippen molar-refractivity contribution in [1.29, 1.82) is 0 Å². The minimum atomic E-state index is -0.221. The second-order valence-corrected chi connectivity index (χ2v) is 6.02. The van der Waals surface area contributed by atoms with Crippen molar-refractivity contribution in [3.8, 4) is 0 Å². The molecule has 0 unspecified atom stereocenters. The summed E-state index contributed by atoms with van der Waals surface area (Å²) in [6.45, 7) is 1.49. The van der Waals surface area contributed by atoms with Gasteiger partial charge in [0, 0.05) is 41.7 Å². The van der Waals surface area contributed by atoms with Gasteiger partial charge >= 0.3 is 0 Å². The number of aromatic amines is 1. The zero-order chi connectivity index (χ0) is 13.7. The number of benzene rings is 1. The normalized spacial score (nSPS) is 29.1. The van der Waals surface area contributed by atoms with Crippen LogP contribution in [0, 0.1) is 11.8 Å². The second kappa shape index (κ2) is 4.35. The highest BCUT2D eigenvalue weighted by atomic mass is 16.3. The van der Waals surface area contributed by atoms with Crippen LogP contribution in [0.1, 0.15) is 23.2 Å². The fourth-order valence-corrected chi connectivity index (χ4v) is 3.84. The van der Waals surface area contributed by atoms with Gasteiger partial charge in [-0.1, -0.05) is 6.07 Å². The lowest BCUT2D eigenvalue weighted by molar-refractivity contribution is 0.0754. The molecule has 4 heteroatoms. The highest BCUT2D eigenvalue weighted by molar-refractivity contribution is 6.06. The van der Waals surface area contributed by atoms with Crippen molar-refractivity contribution < 1.29 is 9.90 Å². The summed E-state index contributed by atoms with van der Waals surface area (Å²) in [6, 6.07) is 7.74. The standard InChI is InChI=1S/C16H18N2O2/c19-15-5-4-10-8-18(9-13(10)15)16(20)12-2-1-3-14-11(12)6-7-17-14/h1-3,6-7,10,13,15,17,19H,4-5,8-9H2/t10-,13+,15-/m1/s1. The zero-order valence-electron chi connectivity index (χ0n) is 11.2. The molecule has 0 spiro atoms. The van der Waals surface area contributed by atoms with E-state index in [4.69, 9.17) is 0 Å². The molecular weight excluding hydrogens is 252 g/mol. The molecule has 4 rings (SSSR count). The molecule has 2 heterocycles. The summed E-state index contributed by atoms with van der Waals surface area (Å²) < 4.78 is 0. The van der Waals surface area contributed by atoms with Gasteiger partial charge in [0.05, 0.1) is 6.10 Å². The van der Waals surface area contributed by atoms with E-state index >= 15 is 0 Å². The lowest BCUT2D eigenvalue weighted by Gasteiger charge is -2.19. The Morgan fingerprint density at radius 3 is 3.00 bits per heavy atom. The topological polar surface area (TPSA) is 56.3 Å². The predicted molar refractivity (Wildman–Crippen MR) is 76.4 cm³/mol. The third kappa shape index (κ3) is 1.68. The number of rotatable bonds is 1. The van der Waals surface area contributed by atoms with Gasteiger partial charge in [0.2, 0.25) is 0 Å². The molecule has 1 aliphatic carbocycles.